The van der Waals surface area contributed by atoms with Gasteiger partial charge in [-0.3, -0.25) is 9.58 Å². The van der Waals surface area contributed by atoms with Crippen LogP contribution in [0.1, 0.15) is 52.0 Å². The van der Waals surface area contributed by atoms with Gasteiger partial charge in [0.25, 0.3) is 0 Å². The molecule has 3 aromatic rings. The van der Waals surface area contributed by atoms with E-state index in [-0.39, 0.29) is 12.1 Å². The topological polar surface area (TPSA) is 85.6 Å². The highest BCUT2D eigenvalue weighted by Crippen LogP contribution is 2.37. The molecule has 0 atom stereocenters. The van der Waals surface area contributed by atoms with Crippen molar-refractivity contribution in [1.29, 1.82) is 0 Å². The summed E-state index contributed by atoms with van der Waals surface area (Å²) in [4.78, 5) is 25.7. The lowest BCUT2D eigenvalue weighted by Crippen LogP contribution is -2.43. The number of carbonyl (C=O) groups is 1. The molecule has 0 spiro atoms. The lowest BCUT2D eigenvalue weighted by molar-refractivity contribution is 0.205. The average molecular weight is 467 g/mol. The summed E-state index contributed by atoms with van der Waals surface area (Å²) in [6.45, 7) is 3.93. The van der Waals surface area contributed by atoms with E-state index in [0.29, 0.717) is 34.7 Å². The number of aromatic nitrogens is 4. The van der Waals surface area contributed by atoms with E-state index >= 15 is 0 Å². The highest BCUT2D eigenvalue weighted by molar-refractivity contribution is 5.97. The normalized spacial score (nSPS) is 14.4. The van der Waals surface area contributed by atoms with Gasteiger partial charge in [0, 0.05) is 43.4 Å². The quantitative estimate of drug-likeness (QED) is 0.513. The van der Waals surface area contributed by atoms with Crippen LogP contribution in [0.5, 0.6) is 11.5 Å². The van der Waals surface area contributed by atoms with Crippen LogP contribution in [-0.2, 0) is 0 Å². The number of anilines is 1. The molecule has 0 saturated heterocycles. The maximum absolute atomic E-state index is 13.0. The maximum Gasteiger partial charge on any atom is 0.326 e. The van der Waals surface area contributed by atoms with Crippen molar-refractivity contribution in [3.8, 4) is 22.8 Å². The first kappa shape index (κ1) is 23.8. The Labute approximate surface area is 200 Å². The molecule has 0 aliphatic heterocycles. The number of benzene rings is 1. The number of hydrogen-bond acceptors (Lipinski definition) is 6. The molecule has 0 radical (unpaired) electrons. The van der Waals surface area contributed by atoms with Gasteiger partial charge in [-0.1, -0.05) is 19.3 Å². The summed E-state index contributed by atoms with van der Waals surface area (Å²) < 4.78 is 13.1. The lowest BCUT2D eigenvalue weighted by Gasteiger charge is -2.27. The molecule has 2 amide bonds. The van der Waals surface area contributed by atoms with Gasteiger partial charge >= 0.3 is 6.03 Å². The predicted molar refractivity (Wildman–Crippen MR) is 133 cm³/mol. The fraction of sp³-hybridized carbons (Fsp3) is 0.520. The lowest BCUT2D eigenvalue weighted by atomic mass is 9.96. The Hall–Kier alpha value is -3.36. The van der Waals surface area contributed by atoms with Gasteiger partial charge in [0.1, 0.15) is 0 Å². The van der Waals surface area contributed by atoms with Crippen LogP contribution < -0.4 is 14.4 Å². The minimum Gasteiger partial charge on any atom is -0.493 e. The number of rotatable bonds is 6. The molecule has 1 fully saturated rings. The highest BCUT2D eigenvalue weighted by atomic mass is 16.5. The van der Waals surface area contributed by atoms with Crippen molar-refractivity contribution < 1.29 is 14.3 Å². The Balaban J connectivity index is 1.84. The van der Waals surface area contributed by atoms with Crippen LogP contribution in [0.4, 0.5) is 10.7 Å². The van der Waals surface area contributed by atoms with Crippen molar-refractivity contribution in [2.75, 3.05) is 33.2 Å². The van der Waals surface area contributed by atoms with Gasteiger partial charge in [0.05, 0.1) is 37.7 Å². The third-order valence-corrected chi connectivity index (χ3v) is 6.68. The minimum absolute atomic E-state index is 0.0490. The molecule has 0 unspecified atom stereocenters. The SMILES string of the molecule is COc1cc2nc(N(C)C(=O)N(C)C(C)C)nc(-c3cnn(C4CCCCC4)c3)c2cc1OC. The number of ether oxygens (including phenoxy) is 2. The molecule has 1 aromatic carbocycles. The van der Waals surface area contributed by atoms with Crippen molar-refractivity contribution in [3.05, 3.63) is 24.5 Å². The van der Waals surface area contributed by atoms with E-state index in [4.69, 9.17) is 19.4 Å². The number of carbonyl (C=O) groups excluding carboxylic acids is 1. The summed E-state index contributed by atoms with van der Waals surface area (Å²) >= 11 is 0. The van der Waals surface area contributed by atoms with Crippen molar-refractivity contribution in [2.24, 2.45) is 0 Å². The first-order chi connectivity index (χ1) is 16.3. The van der Waals surface area contributed by atoms with Crippen LogP contribution in [0.3, 0.4) is 0 Å². The fourth-order valence-corrected chi connectivity index (χ4v) is 4.36. The molecular weight excluding hydrogens is 432 g/mol. The second-order valence-corrected chi connectivity index (χ2v) is 9.14. The molecular formula is C25H34N6O3. The summed E-state index contributed by atoms with van der Waals surface area (Å²) in [5.41, 5.74) is 2.24. The molecule has 1 aliphatic carbocycles. The number of methoxy groups -OCH3 is 2. The zero-order valence-electron chi connectivity index (χ0n) is 20.9. The Morgan fingerprint density at radius 2 is 1.74 bits per heavy atom. The van der Waals surface area contributed by atoms with Crippen LogP contribution in [0.2, 0.25) is 0 Å². The highest BCUT2D eigenvalue weighted by Gasteiger charge is 2.24. The van der Waals surface area contributed by atoms with E-state index in [1.807, 2.05) is 32.2 Å². The van der Waals surface area contributed by atoms with Gasteiger partial charge in [-0.15, -0.1) is 0 Å². The van der Waals surface area contributed by atoms with Gasteiger partial charge in [0.2, 0.25) is 5.95 Å². The molecule has 1 aliphatic rings. The summed E-state index contributed by atoms with van der Waals surface area (Å²) in [7, 11) is 6.66. The largest absolute Gasteiger partial charge is 0.493 e. The number of amides is 2. The van der Waals surface area contributed by atoms with Crippen molar-refractivity contribution in [1.82, 2.24) is 24.6 Å². The van der Waals surface area contributed by atoms with Crippen LogP contribution in [-0.4, -0.2) is 65.0 Å². The minimum atomic E-state index is -0.182. The van der Waals surface area contributed by atoms with E-state index in [1.54, 1.807) is 33.2 Å². The smallest absolute Gasteiger partial charge is 0.326 e. The van der Waals surface area contributed by atoms with Crippen LogP contribution in [0.15, 0.2) is 24.5 Å². The van der Waals surface area contributed by atoms with Gasteiger partial charge in [-0.25, -0.2) is 14.8 Å². The van der Waals surface area contributed by atoms with Crippen LogP contribution in [0, 0.1) is 0 Å². The molecule has 182 valence electrons. The Kier molecular flexibility index (Phi) is 6.90. The molecule has 2 heterocycles. The van der Waals surface area contributed by atoms with Gasteiger partial charge in [-0.2, -0.15) is 5.10 Å². The zero-order chi connectivity index (χ0) is 24.4. The van der Waals surface area contributed by atoms with Gasteiger partial charge < -0.3 is 14.4 Å². The summed E-state index contributed by atoms with van der Waals surface area (Å²) in [5, 5.41) is 5.48. The second-order valence-electron chi connectivity index (χ2n) is 9.14. The summed E-state index contributed by atoms with van der Waals surface area (Å²) in [5.74, 6) is 1.48. The van der Waals surface area contributed by atoms with E-state index in [1.165, 1.54) is 24.2 Å². The number of urea groups is 1. The molecule has 4 rings (SSSR count). The van der Waals surface area contributed by atoms with E-state index < -0.39 is 0 Å². The number of hydrogen-bond donors (Lipinski definition) is 0. The van der Waals surface area contributed by atoms with Crippen molar-refractivity contribution in [2.45, 2.75) is 58.0 Å². The molecule has 1 saturated carbocycles. The Morgan fingerprint density at radius 3 is 2.38 bits per heavy atom. The van der Waals surface area contributed by atoms with Crippen molar-refractivity contribution >= 4 is 22.9 Å². The summed E-state index contributed by atoms with van der Waals surface area (Å²) in [6, 6.07) is 3.98. The number of nitrogens with zero attached hydrogens (tertiary/aromatic N) is 6. The number of fused-ring (bicyclic) bond motifs is 1. The third kappa shape index (κ3) is 4.51. The van der Waals surface area contributed by atoms with E-state index in [2.05, 4.69) is 16.0 Å². The summed E-state index contributed by atoms with van der Waals surface area (Å²) in [6.07, 6.45) is 9.93. The maximum atomic E-state index is 13.0. The van der Waals surface area contributed by atoms with E-state index in [0.717, 1.165) is 23.8 Å². The fourth-order valence-electron chi connectivity index (χ4n) is 4.36. The monoisotopic (exact) mass is 466 g/mol. The molecule has 0 N–H and O–H groups in total. The van der Waals surface area contributed by atoms with Gasteiger partial charge in [-0.05, 0) is 32.8 Å². The molecule has 0 bridgehead atoms. The van der Waals surface area contributed by atoms with Crippen LogP contribution in [0.25, 0.3) is 22.2 Å². The molecule has 34 heavy (non-hydrogen) atoms. The second kappa shape index (κ2) is 9.87. The Morgan fingerprint density at radius 1 is 1.06 bits per heavy atom. The van der Waals surface area contributed by atoms with Crippen LogP contribution >= 0.6 is 0 Å². The standard InChI is InChI=1S/C25H34N6O3/c1-16(2)29(3)25(32)30(4)24-27-20-13-22(34-6)21(33-5)12-19(20)23(28-24)17-14-26-31(15-17)18-10-8-7-9-11-18/h12-16,18H,7-11H2,1-6H3. The first-order valence-corrected chi connectivity index (χ1v) is 11.8. The van der Waals surface area contributed by atoms with Gasteiger partial charge in [0.15, 0.2) is 11.5 Å². The molecule has 9 heteroatoms. The average Bonchev–Trinajstić information content (AvgIpc) is 3.36. The van der Waals surface area contributed by atoms with E-state index in [9.17, 15) is 4.79 Å². The molecule has 9 nitrogen and oxygen atoms in total. The Bertz CT molecular complexity index is 1170. The predicted octanol–water partition coefficient (Wildman–Crippen LogP) is 4.91. The third-order valence-electron chi connectivity index (χ3n) is 6.68. The molecule has 2 aromatic heterocycles. The zero-order valence-corrected chi connectivity index (χ0v) is 20.9. The first-order valence-electron chi connectivity index (χ1n) is 11.8. The van der Waals surface area contributed by atoms with Crippen molar-refractivity contribution in [3.63, 3.8) is 0 Å².